The molecule has 1 unspecified atom stereocenters. The summed E-state index contributed by atoms with van der Waals surface area (Å²) in [5.74, 6) is 1.49. The lowest BCUT2D eigenvalue weighted by atomic mass is 10.1. The molecule has 1 atom stereocenters. The fourth-order valence-corrected chi connectivity index (χ4v) is 4.84. The summed E-state index contributed by atoms with van der Waals surface area (Å²) in [6.45, 7) is 7.08. The summed E-state index contributed by atoms with van der Waals surface area (Å²) in [6, 6.07) is 12.4. The van der Waals surface area contributed by atoms with Crippen molar-refractivity contribution in [3.8, 4) is 17.2 Å². The highest BCUT2D eigenvalue weighted by atomic mass is 35.5. The van der Waals surface area contributed by atoms with Gasteiger partial charge in [-0.2, -0.15) is 10.1 Å². The number of anilines is 1. The average Bonchev–Trinajstić information content (AvgIpc) is 3.41. The van der Waals surface area contributed by atoms with Crippen molar-refractivity contribution in [3.05, 3.63) is 53.0 Å². The molecule has 1 aliphatic heterocycles. The Morgan fingerprint density at radius 2 is 1.97 bits per heavy atom. The first-order chi connectivity index (χ1) is 14.6. The number of nitrogens with zero attached hydrogens (tertiary/aromatic N) is 5. The van der Waals surface area contributed by atoms with Crippen LogP contribution in [0.5, 0.6) is 0 Å². The molecular weight excluding hydrogens is 418 g/mol. The molecule has 6 nitrogen and oxygen atoms in total. The molecule has 154 valence electrons. The van der Waals surface area contributed by atoms with E-state index >= 15 is 0 Å². The van der Waals surface area contributed by atoms with Crippen LogP contribution >= 0.6 is 22.9 Å². The minimum Gasteiger partial charge on any atom is -0.378 e. The second-order valence-electron chi connectivity index (χ2n) is 7.44. The van der Waals surface area contributed by atoms with Gasteiger partial charge in [-0.15, -0.1) is 22.9 Å². The number of halogens is 1. The van der Waals surface area contributed by atoms with Crippen molar-refractivity contribution in [2.24, 2.45) is 0 Å². The first-order valence-electron chi connectivity index (χ1n) is 10.00. The maximum absolute atomic E-state index is 6.36. The Kier molecular flexibility index (Phi) is 5.18. The van der Waals surface area contributed by atoms with Gasteiger partial charge in [-0.25, -0.2) is 9.67 Å². The van der Waals surface area contributed by atoms with Crippen LogP contribution in [0.1, 0.15) is 22.7 Å². The lowest BCUT2D eigenvalue weighted by Crippen LogP contribution is -2.37. The van der Waals surface area contributed by atoms with Crippen molar-refractivity contribution >= 4 is 39.0 Å². The molecule has 5 rings (SSSR count). The number of morpholine rings is 1. The number of aromatic nitrogens is 4. The molecule has 4 heterocycles. The fraction of sp³-hybridized carbons (Fsp3) is 0.318. The first kappa shape index (κ1) is 19.5. The van der Waals surface area contributed by atoms with Crippen LogP contribution in [0.2, 0.25) is 0 Å². The van der Waals surface area contributed by atoms with Gasteiger partial charge >= 0.3 is 0 Å². The molecule has 0 amide bonds. The van der Waals surface area contributed by atoms with E-state index < -0.39 is 0 Å². The van der Waals surface area contributed by atoms with Crippen LogP contribution in [-0.4, -0.2) is 46.1 Å². The molecule has 0 saturated carbocycles. The van der Waals surface area contributed by atoms with Crippen molar-refractivity contribution in [2.45, 2.75) is 19.2 Å². The van der Waals surface area contributed by atoms with Gasteiger partial charge < -0.3 is 9.64 Å². The first-order valence-corrected chi connectivity index (χ1v) is 11.2. The highest BCUT2D eigenvalue weighted by Crippen LogP contribution is 2.37. The Labute approximate surface area is 184 Å². The van der Waals surface area contributed by atoms with E-state index in [2.05, 4.69) is 36.1 Å². The van der Waals surface area contributed by atoms with Crippen molar-refractivity contribution < 1.29 is 4.74 Å². The molecule has 1 fully saturated rings. The minimum absolute atomic E-state index is 0.0668. The maximum Gasteiger partial charge on any atom is 0.253 e. The number of hydrogen-bond donors (Lipinski definition) is 0. The molecule has 4 aromatic rings. The van der Waals surface area contributed by atoms with Gasteiger partial charge in [0.25, 0.3) is 5.95 Å². The molecule has 1 saturated heterocycles. The van der Waals surface area contributed by atoms with E-state index in [1.807, 2.05) is 25.3 Å². The zero-order valence-corrected chi connectivity index (χ0v) is 18.5. The molecule has 0 spiro atoms. The SMILES string of the molecule is Cc1cccc(-c2ccn(-c3nc(N4CCOCC4)c4sc(C(C)Cl)cc4n3)n2)c1. The molecule has 0 radical (unpaired) electrons. The van der Waals surface area contributed by atoms with Crippen LogP contribution in [0.4, 0.5) is 5.82 Å². The van der Waals surface area contributed by atoms with E-state index in [1.54, 1.807) is 16.0 Å². The molecule has 8 heteroatoms. The Bertz CT molecular complexity index is 1200. The van der Waals surface area contributed by atoms with Crippen LogP contribution in [-0.2, 0) is 4.74 Å². The molecule has 1 aliphatic rings. The summed E-state index contributed by atoms with van der Waals surface area (Å²) >= 11 is 8.03. The highest BCUT2D eigenvalue weighted by molar-refractivity contribution is 7.19. The van der Waals surface area contributed by atoms with Crippen LogP contribution in [0.3, 0.4) is 0 Å². The number of alkyl halides is 1. The van der Waals surface area contributed by atoms with Crippen molar-refractivity contribution in [2.75, 3.05) is 31.2 Å². The Morgan fingerprint density at radius 1 is 1.13 bits per heavy atom. The predicted octanol–water partition coefficient (Wildman–Crippen LogP) is 4.99. The minimum atomic E-state index is -0.0668. The molecule has 3 aromatic heterocycles. The van der Waals surface area contributed by atoms with Gasteiger partial charge in [0.15, 0.2) is 5.82 Å². The number of aryl methyl sites for hydroxylation is 1. The monoisotopic (exact) mass is 439 g/mol. The number of fused-ring (bicyclic) bond motifs is 1. The van der Waals surface area contributed by atoms with E-state index in [4.69, 9.17) is 31.4 Å². The second-order valence-corrected chi connectivity index (χ2v) is 9.18. The Balaban J connectivity index is 1.60. The average molecular weight is 440 g/mol. The van der Waals surface area contributed by atoms with Crippen LogP contribution in [0.25, 0.3) is 27.4 Å². The summed E-state index contributed by atoms with van der Waals surface area (Å²) in [5, 5.41) is 4.69. The van der Waals surface area contributed by atoms with Crippen molar-refractivity contribution in [3.63, 3.8) is 0 Å². The Hall–Kier alpha value is -2.48. The molecule has 1 aromatic carbocycles. The lowest BCUT2D eigenvalue weighted by molar-refractivity contribution is 0.122. The lowest BCUT2D eigenvalue weighted by Gasteiger charge is -2.28. The summed E-state index contributed by atoms with van der Waals surface area (Å²) in [6.07, 6.45) is 1.92. The van der Waals surface area contributed by atoms with Gasteiger partial charge in [-0.05, 0) is 32.0 Å². The summed E-state index contributed by atoms with van der Waals surface area (Å²) < 4.78 is 8.35. The van der Waals surface area contributed by atoms with Gasteiger partial charge in [-0.1, -0.05) is 23.8 Å². The largest absolute Gasteiger partial charge is 0.378 e. The van der Waals surface area contributed by atoms with Gasteiger partial charge in [0.1, 0.15) is 0 Å². The van der Waals surface area contributed by atoms with E-state index in [0.717, 1.165) is 45.3 Å². The Morgan fingerprint density at radius 3 is 2.73 bits per heavy atom. The maximum atomic E-state index is 6.36. The number of ether oxygens (including phenoxy) is 1. The molecule has 0 aliphatic carbocycles. The third-order valence-electron chi connectivity index (χ3n) is 5.17. The summed E-state index contributed by atoms with van der Waals surface area (Å²) in [5.41, 5.74) is 4.09. The van der Waals surface area contributed by atoms with Crippen LogP contribution in [0.15, 0.2) is 42.6 Å². The van der Waals surface area contributed by atoms with Crippen LogP contribution < -0.4 is 4.90 Å². The van der Waals surface area contributed by atoms with E-state index in [0.29, 0.717) is 19.2 Å². The predicted molar refractivity (Wildman–Crippen MR) is 122 cm³/mol. The highest BCUT2D eigenvalue weighted by Gasteiger charge is 2.21. The standard InChI is InChI=1S/C22H22ClN5OS/c1-14-4-3-5-16(12-14)17-6-7-28(26-17)22-24-18-13-19(15(2)23)30-20(18)21(25-22)27-8-10-29-11-9-27/h3-7,12-13,15H,8-11H2,1-2H3. The van der Waals surface area contributed by atoms with Gasteiger partial charge in [0.05, 0.1) is 34.5 Å². The normalized spacial score (nSPS) is 15.6. The quantitative estimate of drug-likeness (QED) is 0.419. The number of hydrogen-bond acceptors (Lipinski definition) is 6. The second kappa shape index (κ2) is 7.98. The van der Waals surface area contributed by atoms with Gasteiger partial charge in [-0.3, -0.25) is 0 Å². The smallest absolute Gasteiger partial charge is 0.253 e. The summed E-state index contributed by atoms with van der Waals surface area (Å²) in [7, 11) is 0. The fourth-order valence-electron chi connectivity index (χ4n) is 3.60. The third kappa shape index (κ3) is 3.69. The number of rotatable bonds is 4. The molecule has 0 bridgehead atoms. The third-order valence-corrected chi connectivity index (χ3v) is 6.84. The molecule has 30 heavy (non-hydrogen) atoms. The van der Waals surface area contributed by atoms with E-state index in [1.165, 1.54) is 5.56 Å². The molecular formula is C22H22ClN5OS. The molecule has 0 N–H and O–H groups in total. The van der Waals surface area contributed by atoms with Crippen molar-refractivity contribution in [1.29, 1.82) is 0 Å². The van der Waals surface area contributed by atoms with Gasteiger partial charge in [0, 0.05) is 29.7 Å². The zero-order chi connectivity index (χ0) is 20.7. The zero-order valence-electron chi connectivity index (χ0n) is 16.9. The van der Waals surface area contributed by atoms with Gasteiger partial charge in [0.2, 0.25) is 0 Å². The van der Waals surface area contributed by atoms with E-state index in [9.17, 15) is 0 Å². The number of benzene rings is 1. The topological polar surface area (TPSA) is 56.1 Å². The van der Waals surface area contributed by atoms with Crippen molar-refractivity contribution in [1.82, 2.24) is 19.7 Å². The van der Waals surface area contributed by atoms with Crippen LogP contribution in [0, 0.1) is 6.92 Å². The number of thiophene rings is 1. The summed E-state index contributed by atoms with van der Waals surface area (Å²) in [4.78, 5) is 13.1. The van der Waals surface area contributed by atoms with E-state index in [-0.39, 0.29) is 5.38 Å².